The third-order valence-electron chi connectivity index (χ3n) is 5.07. The summed E-state index contributed by atoms with van der Waals surface area (Å²) in [4.78, 5) is 16.4. The Morgan fingerprint density at radius 2 is 2.15 bits per heavy atom. The average molecular weight is 379 g/mol. The number of fused-ring (bicyclic) bond motifs is 1. The number of hydrogen-bond acceptors (Lipinski definition) is 8. The quantitative estimate of drug-likeness (QED) is 0.442. The number of rotatable bonds is 5. The van der Waals surface area contributed by atoms with Crippen LogP contribution in [0.4, 0.5) is 5.82 Å². The van der Waals surface area contributed by atoms with Gasteiger partial charge in [0.15, 0.2) is 5.82 Å². The number of aromatic nitrogens is 3. The molecule has 2 aromatic heterocycles. The van der Waals surface area contributed by atoms with E-state index in [4.69, 9.17) is 10.5 Å². The molecule has 0 aliphatic carbocycles. The van der Waals surface area contributed by atoms with Gasteiger partial charge in [-0.3, -0.25) is 4.79 Å². The second kappa shape index (κ2) is 7.13. The third-order valence-corrected chi connectivity index (χ3v) is 5.07. The fourth-order valence-electron chi connectivity index (χ4n) is 3.25. The summed E-state index contributed by atoms with van der Waals surface area (Å²) in [5, 5.41) is 36.8. The topological polar surface area (TPSA) is 155 Å². The Bertz CT molecular complexity index is 840. The van der Waals surface area contributed by atoms with Gasteiger partial charge in [0.25, 0.3) is 0 Å². The first-order valence-corrected chi connectivity index (χ1v) is 8.75. The Hall–Kier alpha value is -2.11. The fourth-order valence-corrected chi connectivity index (χ4v) is 3.25. The van der Waals surface area contributed by atoms with E-state index in [0.717, 1.165) is 0 Å². The van der Waals surface area contributed by atoms with Crippen LogP contribution < -0.4 is 11.1 Å². The average Bonchev–Trinajstić information content (AvgIpc) is 3.17. The molecule has 0 radical (unpaired) electrons. The number of amides is 1. The molecule has 0 spiro atoms. The molecule has 10 nitrogen and oxygen atoms in total. The van der Waals surface area contributed by atoms with Crippen molar-refractivity contribution in [1.82, 2.24) is 14.6 Å². The third kappa shape index (κ3) is 3.19. The summed E-state index contributed by atoms with van der Waals surface area (Å²) in [7, 11) is 0. The number of anilines is 1. The molecule has 3 rings (SSSR count). The zero-order valence-electron chi connectivity index (χ0n) is 15.4. The molecule has 1 saturated heterocycles. The first-order valence-electron chi connectivity index (χ1n) is 8.75. The Morgan fingerprint density at radius 1 is 1.44 bits per heavy atom. The van der Waals surface area contributed by atoms with E-state index < -0.39 is 36.6 Å². The molecule has 148 valence electrons. The molecule has 10 heteroatoms. The van der Waals surface area contributed by atoms with Crippen molar-refractivity contribution in [2.45, 2.75) is 50.7 Å². The standard InChI is InChI=1S/C17H25N5O5/c1-8(2)12(18)16(26)21-15-9-4-5-11(22(9)20-7-19-15)17(3)14(25)13(24)10(6-23)27-17/h4-5,7-8,10,12-14,23-25H,6,18H2,1-3H3,(H,19,20,21,26)/t10-,12+,13-,14-,17+/m1/s1. The number of carbonyl (C=O) groups is 1. The Morgan fingerprint density at radius 3 is 2.74 bits per heavy atom. The van der Waals surface area contributed by atoms with Gasteiger partial charge in [-0.15, -0.1) is 0 Å². The lowest BCUT2D eigenvalue weighted by Crippen LogP contribution is -2.40. The highest BCUT2D eigenvalue weighted by atomic mass is 16.6. The van der Waals surface area contributed by atoms with Crippen LogP contribution in [0.25, 0.3) is 5.52 Å². The summed E-state index contributed by atoms with van der Waals surface area (Å²) >= 11 is 0. The fraction of sp³-hybridized carbons (Fsp3) is 0.588. The molecule has 0 aromatic carbocycles. The molecule has 2 aromatic rings. The summed E-state index contributed by atoms with van der Waals surface area (Å²) in [6.07, 6.45) is -2.16. The molecule has 1 fully saturated rings. The van der Waals surface area contributed by atoms with Crippen molar-refractivity contribution in [2.75, 3.05) is 11.9 Å². The Balaban J connectivity index is 1.98. The van der Waals surface area contributed by atoms with Crippen LogP contribution in [-0.2, 0) is 15.1 Å². The van der Waals surface area contributed by atoms with Gasteiger partial charge in [-0.2, -0.15) is 5.10 Å². The van der Waals surface area contributed by atoms with E-state index >= 15 is 0 Å². The monoisotopic (exact) mass is 379 g/mol. The molecule has 5 atom stereocenters. The number of aliphatic hydroxyl groups excluding tert-OH is 3. The van der Waals surface area contributed by atoms with E-state index in [9.17, 15) is 20.1 Å². The summed E-state index contributed by atoms with van der Waals surface area (Å²) in [5.74, 6) is -0.136. The normalized spacial score (nSPS) is 29.4. The highest BCUT2D eigenvalue weighted by Gasteiger charge is 2.53. The van der Waals surface area contributed by atoms with Crippen LogP contribution in [0.2, 0.25) is 0 Å². The lowest BCUT2D eigenvalue weighted by atomic mass is 9.93. The van der Waals surface area contributed by atoms with Crippen LogP contribution in [0.3, 0.4) is 0 Å². The predicted octanol–water partition coefficient (Wildman–Crippen LogP) is -1.02. The first-order chi connectivity index (χ1) is 12.7. The smallest absolute Gasteiger partial charge is 0.242 e. The minimum Gasteiger partial charge on any atom is -0.394 e. The van der Waals surface area contributed by atoms with Gasteiger partial charge in [0.1, 0.15) is 35.8 Å². The van der Waals surface area contributed by atoms with Crippen molar-refractivity contribution >= 4 is 17.2 Å². The number of carbonyl (C=O) groups excluding carboxylic acids is 1. The van der Waals surface area contributed by atoms with Crippen molar-refractivity contribution in [3.8, 4) is 0 Å². The van der Waals surface area contributed by atoms with Gasteiger partial charge in [-0.25, -0.2) is 9.50 Å². The molecule has 0 bridgehead atoms. The maximum atomic E-state index is 12.3. The van der Waals surface area contributed by atoms with E-state index in [1.165, 1.54) is 10.8 Å². The van der Waals surface area contributed by atoms with Gasteiger partial charge in [0, 0.05) is 0 Å². The van der Waals surface area contributed by atoms with Gasteiger partial charge in [0.05, 0.1) is 18.3 Å². The summed E-state index contributed by atoms with van der Waals surface area (Å²) in [6, 6.07) is 2.65. The SMILES string of the molecule is CC(C)[C@H](N)C(=O)Nc1ncnn2c([C@]3(C)O[C@H](CO)[C@@H](O)[C@H]3O)ccc12. The predicted molar refractivity (Wildman–Crippen MR) is 95.8 cm³/mol. The summed E-state index contributed by atoms with van der Waals surface area (Å²) in [6.45, 7) is 4.86. The van der Waals surface area contributed by atoms with Crippen molar-refractivity contribution < 1.29 is 24.9 Å². The van der Waals surface area contributed by atoms with E-state index in [1.807, 2.05) is 13.8 Å². The zero-order chi connectivity index (χ0) is 19.9. The van der Waals surface area contributed by atoms with E-state index in [1.54, 1.807) is 19.1 Å². The maximum absolute atomic E-state index is 12.3. The van der Waals surface area contributed by atoms with Crippen LogP contribution in [0.5, 0.6) is 0 Å². The van der Waals surface area contributed by atoms with Gasteiger partial charge >= 0.3 is 0 Å². The van der Waals surface area contributed by atoms with E-state index in [2.05, 4.69) is 15.4 Å². The van der Waals surface area contributed by atoms with Gasteiger partial charge in [-0.05, 0) is 25.0 Å². The summed E-state index contributed by atoms with van der Waals surface area (Å²) < 4.78 is 7.20. The van der Waals surface area contributed by atoms with Crippen molar-refractivity contribution in [3.63, 3.8) is 0 Å². The Kier molecular flexibility index (Phi) is 5.19. The number of nitrogens with zero attached hydrogens (tertiary/aromatic N) is 3. The minimum absolute atomic E-state index is 0.0388. The number of hydrogen-bond donors (Lipinski definition) is 5. The second-order valence-corrected chi connectivity index (χ2v) is 7.26. The number of nitrogens with two attached hydrogens (primary N) is 1. The lowest BCUT2D eigenvalue weighted by Gasteiger charge is -2.27. The number of aliphatic hydroxyl groups is 3. The molecule has 6 N–H and O–H groups in total. The van der Waals surface area contributed by atoms with Gasteiger partial charge < -0.3 is 31.1 Å². The number of ether oxygens (including phenoxy) is 1. The molecule has 0 unspecified atom stereocenters. The largest absolute Gasteiger partial charge is 0.394 e. The maximum Gasteiger partial charge on any atom is 0.242 e. The lowest BCUT2D eigenvalue weighted by molar-refractivity contribution is -0.118. The van der Waals surface area contributed by atoms with E-state index in [0.29, 0.717) is 11.2 Å². The number of nitrogens with one attached hydrogen (secondary N) is 1. The highest BCUT2D eigenvalue weighted by Crippen LogP contribution is 2.40. The minimum atomic E-state index is -1.30. The van der Waals surface area contributed by atoms with Crippen LogP contribution >= 0.6 is 0 Å². The van der Waals surface area contributed by atoms with Crippen molar-refractivity contribution in [3.05, 3.63) is 24.2 Å². The highest BCUT2D eigenvalue weighted by molar-refractivity contribution is 5.97. The van der Waals surface area contributed by atoms with Gasteiger partial charge in [0.2, 0.25) is 5.91 Å². The van der Waals surface area contributed by atoms with E-state index in [-0.39, 0.29) is 17.6 Å². The molecule has 1 aliphatic heterocycles. The second-order valence-electron chi connectivity index (χ2n) is 7.26. The molecule has 1 amide bonds. The van der Waals surface area contributed by atoms with Crippen molar-refractivity contribution in [2.24, 2.45) is 11.7 Å². The molecule has 1 aliphatic rings. The molecular weight excluding hydrogens is 354 g/mol. The molecule has 3 heterocycles. The van der Waals surface area contributed by atoms with Crippen LogP contribution in [0.15, 0.2) is 18.5 Å². The first kappa shape index (κ1) is 19.6. The Labute approximate surface area is 156 Å². The van der Waals surface area contributed by atoms with Gasteiger partial charge in [-0.1, -0.05) is 13.8 Å². The zero-order valence-corrected chi connectivity index (χ0v) is 15.4. The van der Waals surface area contributed by atoms with Crippen LogP contribution in [0.1, 0.15) is 26.5 Å². The molecular formula is C17H25N5O5. The van der Waals surface area contributed by atoms with Crippen molar-refractivity contribution in [1.29, 1.82) is 0 Å². The molecule has 27 heavy (non-hydrogen) atoms. The summed E-state index contributed by atoms with van der Waals surface area (Å²) in [5.41, 5.74) is 5.50. The molecule has 0 saturated carbocycles. The van der Waals surface area contributed by atoms with Crippen LogP contribution in [-0.4, -0.2) is 66.8 Å². The van der Waals surface area contributed by atoms with Crippen LogP contribution in [0, 0.1) is 5.92 Å².